The van der Waals surface area contributed by atoms with Crippen LogP contribution in [0, 0.1) is 11.5 Å². The molecule has 2 amide bonds. The molecule has 80 valence electrons. The van der Waals surface area contributed by atoms with Gasteiger partial charge in [-0.2, -0.15) is 5.26 Å². The van der Waals surface area contributed by atoms with E-state index in [1.807, 2.05) is 0 Å². The van der Waals surface area contributed by atoms with Gasteiger partial charge < -0.3 is 5.11 Å². The smallest absolute Gasteiger partial charge is 0.408 e. The van der Waals surface area contributed by atoms with Gasteiger partial charge in [0, 0.05) is 13.5 Å². The summed E-state index contributed by atoms with van der Waals surface area (Å²) in [6.07, 6.45) is 0.0850. The molecule has 0 saturated carbocycles. The van der Waals surface area contributed by atoms with Gasteiger partial charge in [0.05, 0.1) is 6.54 Å². The lowest BCUT2D eigenvalue weighted by molar-refractivity contribution is -0.131. The van der Waals surface area contributed by atoms with Crippen LogP contribution in [-0.2, 0) is 9.59 Å². The number of amides is 2. The zero-order valence-electron chi connectivity index (χ0n) is 8.01. The summed E-state index contributed by atoms with van der Waals surface area (Å²) >= 11 is 0. The SMILES string of the molecule is CN(C#N)C(=O)[C@@H]1CC(=O)CN1C(=O)O. The van der Waals surface area contributed by atoms with Gasteiger partial charge in [-0.3, -0.25) is 19.4 Å². The van der Waals surface area contributed by atoms with E-state index in [1.54, 1.807) is 6.19 Å². The highest BCUT2D eigenvalue weighted by atomic mass is 16.4. The van der Waals surface area contributed by atoms with Gasteiger partial charge in [-0.05, 0) is 0 Å². The Hall–Kier alpha value is -2.10. The maximum Gasteiger partial charge on any atom is 0.408 e. The molecule has 0 radical (unpaired) electrons. The summed E-state index contributed by atoms with van der Waals surface area (Å²) in [5.74, 6) is -0.993. The summed E-state index contributed by atoms with van der Waals surface area (Å²) in [4.78, 5) is 34.7. The Labute approximate surface area is 85.5 Å². The Morgan fingerprint density at radius 3 is 2.73 bits per heavy atom. The van der Waals surface area contributed by atoms with Crippen molar-refractivity contribution in [2.45, 2.75) is 12.5 Å². The number of ketones is 1. The van der Waals surface area contributed by atoms with E-state index in [2.05, 4.69) is 0 Å². The molecule has 0 aromatic heterocycles. The minimum absolute atomic E-state index is 0.156. The van der Waals surface area contributed by atoms with Crippen molar-refractivity contribution in [2.75, 3.05) is 13.6 Å². The van der Waals surface area contributed by atoms with Crippen LogP contribution < -0.4 is 0 Å². The molecule has 0 aliphatic carbocycles. The van der Waals surface area contributed by atoms with Crippen LogP contribution in [0.3, 0.4) is 0 Å². The highest BCUT2D eigenvalue weighted by Gasteiger charge is 2.40. The van der Waals surface area contributed by atoms with Gasteiger partial charge in [0.1, 0.15) is 6.04 Å². The summed E-state index contributed by atoms with van der Waals surface area (Å²) in [6.45, 7) is -0.287. The molecule has 0 bridgehead atoms. The molecule has 0 aromatic carbocycles. The number of rotatable bonds is 1. The first-order chi connectivity index (χ1) is 6.97. The molecule has 1 rings (SSSR count). The number of nitriles is 1. The third kappa shape index (κ3) is 2.04. The van der Waals surface area contributed by atoms with Crippen molar-refractivity contribution in [1.29, 1.82) is 5.26 Å². The van der Waals surface area contributed by atoms with Gasteiger partial charge in [0.2, 0.25) is 0 Å². The van der Waals surface area contributed by atoms with Crippen LogP contribution in [0.15, 0.2) is 0 Å². The molecule has 15 heavy (non-hydrogen) atoms. The van der Waals surface area contributed by atoms with Crippen molar-refractivity contribution in [2.24, 2.45) is 0 Å². The first-order valence-corrected chi connectivity index (χ1v) is 4.16. The largest absolute Gasteiger partial charge is 0.465 e. The molecular formula is C8H9N3O4. The molecule has 0 unspecified atom stereocenters. The lowest BCUT2D eigenvalue weighted by atomic mass is 10.2. The van der Waals surface area contributed by atoms with Gasteiger partial charge in [-0.25, -0.2) is 4.79 Å². The van der Waals surface area contributed by atoms with Gasteiger partial charge in [-0.1, -0.05) is 0 Å². The molecule has 1 aliphatic rings. The number of Topliss-reactive ketones (excluding diaryl/α,β-unsaturated/α-hetero) is 1. The van der Waals surface area contributed by atoms with Crippen LogP contribution in [0.2, 0.25) is 0 Å². The van der Waals surface area contributed by atoms with Crippen molar-refractivity contribution < 1.29 is 19.5 Å². The molecule has 7 nitrogen and oxygen atoms in total. The second kappa shape index (κ2) is 3.96. The average molecular weight is 211 g/mol. The summed E-state index contributed by atoms with van der Waals surface area (Å²) in [5, 5.41) is 17.2. The normalized spacial score (nSPS) is 19.9. The van der Waals surface area contributed by atoms with Crippen LogP contribution in [0.4, 0.5) is 4.79 Å². The first kappa shape index (κ1) is 11.0. The Balaban J connectivity index is 2.85. The Morgan fingerprint density at radius 2 is 2.27 bits per heavy atom. The quantitative estimate of drug-likeness (QED) is 0.454. The fourth-order valence-electron chi connectivity index (χ4n) is 1.38. The fraction of sp³-hybridized carbons (Fsp3) is 0.500. The molecule has 1 saturated heterocycles. The van der Waals surface area contributed by atoms with Crippen LogP contribution in [0.25, 0.3) is 0 Å². The second-order valence-electron chi connectivity index (χ2n) is 3.17. The van der Waals surface area contributed by atoms with Crippen molar-refractivity contribution in [3.05, 3.63) is 0 Å². The number of likely N-dealkylation sites (N-methyl/N-ethyl adjacent to an activating group) is 1. The summed E-state index contributed by atoms with van der Waals surface area (Å²) in [7, 11) is 1.23. The molecule has 1 fully saturated rings. The number of carbonyl (C=O) groups excluding carboxylic acids is 2. The molecular weight excluding hydrogens is 202 g/mol. The molecule has 1 N–H and O–H groups in total. The summed E-state index contributed by atoms with van der Waals surface area (Å²) < 4.78 is 0. The van der Waals surface area contributed by atoms with Crippen LogP contribution in [0.5, 0.6) is 0 Å². The highest BCUT2D eigenvalue weighted by Crippen LogP contribution is 2.16. The highest BCUT2D eigenvalue weighted by molar-refractivity contribution is 5.97. The molecule has 1 aliphatic heterocycles. The summed E-state index contributed by atoms with van der Waals surface area (Å²) in [5.41, 5.74) is 0. The van der Waals surface area contributed by atoms with E-state index in [0.717, 1.165) is 9.80 Å². The lowest BCUT2D eigenvalue weighted by Crippen LogP contribution is -2.44. The molecule has 7 heteroatoms. The number of carbonyl (C=O) groups is 3. The van der Waals surface area contributed by atoms with Crippen molar-refractivity contribution in [1.82, 2.24) is 9.80 Å². The van der Waals surface area contributed by atoms with E-state index < -0.39 is 18.0 Å². The van der Waals surface area contributed by atoms with E-state index in [1.165, 1.54) is 7.05 Å². The van der Waals surface area contributed by atoms with Crippen molar-refractivity contribution >= 4 is 17.8 Å². The molecule has 0 aromatic rings. The number of hydrogen-bond donors (Lipinski definition) is 1. The number of hydrogen-bond acceptors (Lipinski definition) is 4. The van der Waals surface area contributed by atoms with Crippen LogP contribution in [-0.4, -0.2) is 52.3 Å². The Kier molecular flexibility index (Phi) is 2.90. The minimum Gasteiger partial charge on any atom is -0.465 e. The topological polar surface area (TPSA) is 102 Å². The van der Waals surface area contributed by atoms with E-state index in [4.69, 9.17) is 10.4 Å². The zero-order chi connectivity index (χ0) is 11.6. The van der Waals surface area contributed by atoms with Gasteiger partial charge >= 0.3 is 6.09 Å². The zero-order valence-corrected chi connectivity index (χ0v) is 8.01. The van der Waals surface area contributed by atoms with Crippen LogP contribution >= 0.6 is 0 Å². The predicted molar refractivity (Wildman–Crippen MR) is 46.5 cm³/mol. The standard InChI is InChI=1S/C8H9N3O4/c1-10(4-9)7(13)6-2-5(12)3-11(6)8(14)15/h6H,2-3H2,1H3,(H,14,15)/t6-/m0/s1. The predicted octanol–water partition coefficient (Wildman–Crippen LogP) is -0.753. The Morgan fingerprint density at radius 1 is 1.67 bits per heavy atom. The third-order valence-corrected chi connectivity index (χ3v) is 2.16. The number of nitrogens with zero attached hydrogens (tertiary/aromatic N) is 3. The van der Waals surface area contributed by atoms with Crippen LogP contribution in [0.1, 0.15) is 6.42 Å². The summed E-state index contributed by atoms with van der Waals surface area (Å²) in [6, 6.07) is -1.06. The third-order valence-electron chi connectivity index (χ3n) is 2.16. The van der Waals surface area contributed by atoms with Gasteiger partial charge in [-0.15, -0.1) is 0 Å². The van der Waals surface area contributed by atoms with E-state index in [-0.39, 0.29) is 18.7 Å². The second-order valence-corrected chi connectivity index (χ2v) is 3.17. The van der Waals surface area contributed by atoms with Gasteiger partial charge in [0.15, 0.2) is 12.0 Å². The Bertz CT molecular complexity index is 359. The van der Waals surface area contributed by atoms with Crippen molar-refractivity contribution in [3.8, 4) is 6.19 Å². The molecule has 1 heterocycles. The molecule has 0 spiro atoms. The van der Waals surface area contributed by atoms with E-state index in [9.17, 15) is 14.4 Å². The maximum atomic E-state index is 11.5. The molecule has 1 atom stereocenters. The van der Waals surface area contributed by atoms with E-state index in [0.29, 0.717) is 0 Å². The number of carboxylic acid groups (broad SMARTS) is 1. The maximum absolute atomic E-state index is 11.5. The lowest BCUT2D eigenvalue weighted by Gasteiger charge is -2.20. The van der Waals surface area contributed by atoms with E-state index >= 15 is 0 Å². The van der Waals surface area contributed by atoms with Gasteiger partial charge in [0.25, 0.3) is 5.91 Å². The first-order valence-electron chi connectivity index (χ1n) is 4.16. The van der Waals surface area contributed by atoms with Crippen molar-refractivity contribution in [3.63, 3.8) is 0 Å². The minimum atomic E-state index is -1.33. The fourth-order valence-corrected chi connectivity index (χ4v) is 1.38. The number of likely N-dealkylation sites (tertiary alicyclic amines) is 1. The monoisotopic (exact) mass is 211 g/mol. The average Bonchev–Trinajstić information content (AvgIpc) is 2.58.